The van der Waals surface area contributed by atoms with Crippen molar-refractivity contribution in [2.75, 3.05) is 11.9 Å². The van der Waals surface area contributed by atoms with Gasteiger partial charge in [0, 0.05) is 17.8 Å². The summed E-state index contributed by atoms with van der Waals surface area (Å²) >= 11 is 0. The van der Waals surface area contributed by atoms with Crippen molar-refractivity contribution < 1.29 is 9.53 Å². The van der Waals surface area contributed by atoms with E-state index in [-0.39, 0.29) is 12.1 Å². The third kappa shape index (κ3) is 4.11. The molecule has 0 radical (unpaired) electrons. The van der Waals surface area contributed by atoms with Crippen molar-refractivity contribution in [3.05, 3.63) is 95.6 Å². The van der Waals surface area contributed by atoms with Crippen LogP contribution in [0, 0.1) is 0 Å². The Kier molecular flexibility index (Phi) is 5.80. The Labute approximate surface area is 172 Å². The average Bonchev–Trinajstić information content (AvgIpc) is 2.77. The van der Waals surface area contributed by atoms with Crippen LogP contribution in [0.3, 0.4) is 0 Å². The Morgan fingerprint density at radius 1 is 0.931 bits per heavy atom. The summed E-state index contributed by atoms with van der Waals surface area (Å²) in [6.07, 6.45) is 1.79. The summed E-state index contributed by atoms with van der Waals surface area (Å²) in [6.45, 7) is 3.34. The number of nitrogens with one attached hydrogen (secondary N) is 1. The zero-order chi connectivity index (χ0) is 20.1. The molecule has 4 heteroatoms. The number of hydrogen-bond acceptors (Lipinski definition) is 3. The second kappa shape index (κ2) is 8.82. The largest absolute Gasteiger partial charge is 0.493 e. The predicted molar refractivity (Wildman–Crippen MR) is 116 cm³/mol. The van der Waals surface area contributed by atoms with Crippen molar-refractivity contribution in [1.29, 1.82) is 0 Å². The van der Waals surface area contributed by atoms with Crippen LogP contribution in [-0.4, -0.2) is 17.4 Å². The SMILES string of the molecule is CCCCOc1ccccc1C1Nc2ccccc2C(=O)N1Cc1ccccc1. The van der Waals surface area contributed by atoms with Gasteiger partial charge in [-0.15, -0.1) is 0 Å². The molecule has 0 saturated carbocycles. The molecule has 1 heterocycles. The van der Waals surface area contributed by atoms with Gasteiger partial charge in [-0.3, -0.25) is 4.79 Å². The smallest absolute Gasteiger partial charge is 0.258 e. The van der Waals surface area contributed by atoms with Gasteiger partial charge in [-0.25, -0.2) is 0 Å². The Bertz CT molecular complexity index is 971. The van der Waals surface area contributed by atoms with E-state index < -0.39 is 0 Å². The van der Waals surface area contributed by atoms with Gasteiger partial charge in [0.05, 0.1) is 12.2 Å². The second-order valence-electron chi connectivity index (χ2n) is 7.25. The molecule has 3 aromatic carbocycles. The monoisotopic (exact) mass is 386 g/mol. The fourth-order valence-corrected chi connectivity index (χ4v) is 3.65. The van der Waals surface area contributed by atoms with Crippen LogP contribution in [0.5, 0.6) is 5.75 Å². The Balaban J connectivity index is 1.72. The number of carbonyl (C=O) groups is 1. The van der Waals surface area contributed by atoms with E-state index in [0.29, 0.717) is 18.7 Å². The third-order valence-corrected chi connectivity index (χ3v) is 5.19. The number of para-hydroxylation sites is 2. The lowest BCUT2D eigenvalue weighted by Crippen LogP contribution is -2.42. The fourth-order valence-electron chi connectivity index (χ4n) is 3.65. The molecule has 0 saturated heterocycles. The minimum Gasteiger partial charge on any atom is -0.493 e. The van der Waals surface area contributed by atoms with E-state index >= 15 is 0 Å². The molecule has 4 nitrogen and oxygen atoms in total. The van der Waals surface area contributed by atoms with Crippen molar-refractivity contribution in [2.24, 2.45) is 0 Å². The van der Waals surface area contributed by atoms with Crippen molar-refractivity contribution >= 4 is 11.6 Å². The summed E-state index contributed by atoms with van der Waals surface area (Å²) in [5, 5.41) is 3.57. The molecule has 1 aliphatic heterocycles. The van der Waals surface area contributed by atoms with E-state index in [9.17, 15) is 4.79 Å². The normalized spacial score (nSPS) is 15.6. The molecular weight excluding hydrogens is 360 g/mol. The molecule has 0 fully saturated rings. The van der Waals surface area contributed by atoms with Crippen LogP contribution in [0.1, 0.15) is 47.4 Å². The molecule has 148 valence electrons. The molecule has 0 bridgehead atoms. The van der Waals surface area contributed by atoms with Gasteiger partial charge in [0.2, 0.25) is 0 Å². The van der Waals surface area contributed by atoms with Crippen LogP contribution in [0.2, 0.25) is 0 Å². The Morgan fingerprint density at radius 2 is 1.66 bits per heavy atom. The van der Waals surface area contributed by atoms with Crippen molar-refractivity contribution in [1.82, 2.24) is 4.90 Å². The highest BCUT2D eigenvalue weighted by molar-refractivity contribution is 6.01. The summed E-state index contributed by atoms with van der Waals surface area (Å²) in [5.41, 5.74) is 3.62. The summed E-state index contributed by atoms with van der Waals surface area (Å²) in [4.78, 5) is 15.3. The van der Waals surface area contributed by atoms with Gasteiger partial charge >= 0.3 is 0 Å². The molecule has 1 amide bonds. The highest BCUT2D eigenvalue weighted by Gasteiger charge is 2.34. The number of benzene rings is 3. The maximum Gasteiger partial charge on any atom is 0.258 e. The first-order valence-corrected chi connectivity index (χ1v) is 10.2. The molecule has 0 aromatic heterocycles. The molecule has 3 aromatic rings. The number of fused-ring (bicyclic) bond motifs is 1. The van der Waals surface area contributed by atoms with Gasteiger partial charge in [0.25, 0.3) is 5.91 Å². The van der Waals surface area contributed by atoms with Crippen LogP contribution < -0.4 is 10.1 Å². The lowest BCUT2D eigenvalue weighted by atomic mass is 10.0. The van der Waals surface area contributed by atoms with Gasteiger partial charge in [0.1, 0.15) is 11.9 Å². The summed E-state index contributed by atoms with van der Waals surface area (Å²) in [7, 11) is 0. The molecule has 29 heavy (non-hydrogen) atoms. The molecular formula is C25H26N2O2. The standard InChI is InChI=1S/C25H26N2O2/c1-2-3-17-29-23-16-10-8-14-21(23)24-26-22-15-9-7-13-20(22)25(28)27(24)18-19-11-5-4-6-12-19/h4-16,24,26H,2-3,17-18H2,1H3. The number of ether oxygens (including phenoxy) is 1. The molecule has 1 aliphatic rings. The minimum atomic E-state index is -0.296. The molecule has 1 N–H and O–H groups in total. The van der Waals surface area contributed by atoms with Gasteiger partial charge in [-0.1, -0.05) is 74.0 Å². The van der Waals surface area contributed by atoms with E-state index in [4.69, 9.17) is 4.74 Å². The van der Waals surface area contributed by atoms with E-state index in [2.05, 4.69) is 24.4 Å². The maximum absolute atomic E-state index is 13.4. The molecule has 1 atom stereocenters. The van der Waals surface area contributed by atoms with Crippen LogP contribution >= 0.6 is 0 Å². The second-order valence-corrected chi connectivity index (χ2v) is 7.25. The first kappa shape index (κ1) is 19.1. The average molecular weight is 386 g/mol. The summed E-state index contributed by atoms with van der Waals surface area (Å²) < 4.78 is 6.07. The topological polar surface area (TPSA) is 41.6 Å². The van der Waals surface area contributed by atoms with E-state index in [1.54, 1.807) is 0 Å². The zero-order valence-electron chi connectivity index (χ0n) is 16.7. The number of amides is 1. The predicted octanol–water partition coefficient (Wildman–Crippen LogP) is 5.63. The molecule has 0 spiro atoms. The van der Waals surface area contributed by atoms with Crippen LogP contribution in [-0.2, 0) is 6.54 Å². The van der Waals surface area contributed by atoms with Crippen LogP contribution in [0.15, 0.2) is 78.9 Å². The first-order valence-electron chi connectivity index (χ1n) is 10.2. The van der Waals surface area contributed by atoms with Gasteiger partial charge in [-0.2, -0.15) is 0 Å². The third-order valence-electron chi connectivity index (χ3n) is 5.19. The molecule has 1 unspecified atom stereocenters. The first-order chi connectivity index (χ1) is 14.3. The molecule has 4 rings (SSSR count). The lowest BCUT2D eigenvalue weighted by Gasteiger charge is -2.38. The number of unbranched alkanes of at least 4 members (excludes halogenated alkanes) is 1. The molecule has 0 aliphatic carbocycles. The van der Waals surface area contributed by atoms with Crippen molar-refractivity contribution in [3.8, 4) is 5.75 Å². The number of hydrogen-bond donors (Lipinski definition) is 1. The lowest BCUT2D eigenvalue weighted by molar-refractivity contribution is 0.0664. The minimum absolute atomic E-state index is 0.0246. The van der Waals surface area contributed by atoms with Crippen molar-refractivity contribution in [2.45, 2.75) is 32.5 Å². The van der Waals surface area contributed by atoms with E-state index in [1.807, 2.05) is 71.6 Å². The van der Waals surface area contributed by atoms with Gasteiger partial charge in [0.15, 0.2) is 0 Å². The van der Waals surface area contributed by atoms with Gasteiger partial charge < -0.3 is 15.0 Å². The number of nitrogens with zero attached hydrogens (tertiary/aromatic N) is 1. The highest BCUT2D eigenvalue weighted by Crippen LogP contribution is 2.37. The fraction of sp³-hybridized carbons (Fsp3) is 0.240. The van der Waals surface area contributed by atoms with Crippen LogP contribution in [0.4, 0.5) is 5.69 Å². The Morgan fingerprint density at radius 3 is 2.48 bits per heavy atom. The summed E-state index contributed by atoms with van der Waals surface area (Å²) in [6, 6.07) is 25.8. The highest BCUT2D eigenvalue weighted by atomic mass is 16.5. The van der Waals surface area contributed by atoms with Crippen LogP contribution in [0.25, 0.3) is 0 Å². The summed E-state index contributed by atoms with van der Waals surface area (Å²) in [5.74, 6) is 0.847. The maximum atomic E-state index is 13.4. The van der Waals surface area contributed by atoms with Gasteiger partial charge in [-0.05, 0) is 30.2 Å². The number of rotatable bonds is 7. The van der Waals surface area contributed by atoms with Crippen molar-refractivity contribution in [3.63, 3.8) is 0 Å². The van der Waals surface area contributed by atoms with E-state index in [0.717, 1.165) is 35.4 Å². The Hall–Kier alpha value is -3.27. The van der Waals surface area contributed by atoms with E-state index in [1.165, 1.54) is 0 Å². The number of carbonyl (C=O) groups excluding carboxylic acids is 1. The quantitative estimate of drug-likeness (QED) is 0.535. The number of anilines is 1. The zero-order valence-corrected chi connectivity index (χ0v) is 16.7.